The minimum atomic E-state index is 0. The maximum atomic E-state index is 2.36. The lowest BCUT2D eigenvalue weighted by Crippen LogP contribution is -1.98. The third-order valence-electron chi connectivity index (χ3n) is 15.7. The fraction of sp³-hybridized carbons (Fsp3) is 0.0127. The molecule has 0 saturated heterocycles. The first-order chi connectivity index (χ1) is 38.7. The molecule has 14 aromatic carbocycles. The first-order valence-corrected chi connectivity index (χ1v) is 27.0. The predicted octanol–water partition coefficient (Wildman–Crippen LogP) is 22.5. The van der Waals surface area contributed by atoms with Crippen LogP contribution in [0.1, 0.15) is 7.43 Å². The van der Waals surface area contributed by atoms with Crippen LogP contribution >= 0.6 is 0 Å². The predicted molar refractivity (Wildman–Crippen MR) is 340 cm³/mol. The number of fused-ring (bicyclic) bond motifs is 3. The molecule has 14 aromatic rings. The molecule has 0 aliphatic carbocycles. The number of hydrogen-bond donors (Lipinski definition) is 0. The summed E-state index contributed by atoms with van der Waals surface area (Å²) in [6.07, 6.45) is 0. The summed E-state index contributed by atoms with van der Waals surface area (Å²) in [6, 6.07) is 116. The molecule has 0 radical (unpaired) electrons. The molecular weight excluding hydrogens is 949 g/mol. The van der Waals surface area contributed by atoms with Crippen LogP contribution < -0.4 is 0 Å². The second kappa shape index (κ2) is 21.1. The fourth-order valence-electron chi connectivity index (χ4n) is 12.1. The molecule has 0 saturated carbocycles. The van der Waals surface area contributed by atoms with Gasteiger partial charge in [0, 0.05) is 0 Å². The summed E-state index contributed by atoms with van der Waals surface area (Å²) in [5.74, 6) is 0. The summed E-state index contributed by atoms with van der Waals surface area (Å²) in [7, 11) is 0. The van der Waals surface area contributed by atoms with Gasteiger partial charge in [-0.2, -0.15) is 0 Å². The van der Waals surface area contributed by atoms with Crippen LogP contribution in [0.4, 0.5) is 0 Å². The topological polar surface area (TPSA) is 0 Å². The van der Waals surface area contributed by atoms with Crippen molar-refractivity contribution in [2.75, 3.05) is 0 Å². The van der Waals surface area contributed by atoms with Crippen molar-refractivity contribution < 1.29 is 0 Å². The van der Waals surface area contributed by atoms with Crippen molar-refractivity contribution in [2.24, 2.45) is 0 Å². The molecule has 0 aliphatic heterocycles. The Hall–Kier alpha value is -10.1. The Labute approximate surface area is 463 Å². The molecule has 0 aromatic heterocycles. The summed E-state index contributed by atoms with van der Waals surface area (Å²) in [4.78, 5) is 0. The van der Waals surface area contributed by atoms with Crippen LogP contribution in [0.2, 0.25) is 0 Å². The second-order valence-electron chi connectivity index (χ2n) is 20.2. The van der Waals surface area contributed by atoms with Gasteiger partial charge in [-0.3, -0.25) is 0 Å². The van der Waals surface area contributed by atoms with E-state index in [-0.39, 0.29) is 7.43 Å². The van der Waals surface area contributed by atoms with E-state index < -0.39 is 0 Å². The number of benzene rings is 14. The van der Waals surface area contributed by atoms with E-state index >= 15 is 0 Å². The van der Waals surface area contributed by atoms with E-state index in [9.17, 15) is 0 Å². The Morgan fingerprint density at radius 1 is 0.127 bits per heavy atom. The van der Waals surface area contributed by atoms with Crippen LogP contribution in [-0.2, 0) is 0 Å². The van der Waals surface area contributed by atoms with Crippen LogP contribution in [0.3, 0.4) is 0 Å². The number of hydrogen-bond acceptors (Lipinski definition) is 0. The molecule has 0 fully saturated rings. The van der Waals surface area contributed by atoms with E-state index in [0.717, 1.165) is 0 Å². The highest BCUT2D eigenvalue weighted by Gasteiger charge is 2.26. The van der Waals surface area contributed by atoms with Gasteiger partial charge in [-0.05, 0) is 144 Å². The van der Waals surface area contributed by atoms with Crippen molar-refractivity contribution in [3.8, 4) is 111 Å². The summed E-state index contributed by atoms with van der Waals surface area (Å²) in [6.45, 7) is 0. The van der Waals surface area contributed by atoms with Crippen molar-refractivity contribution in [3.05, 3.63) is 315 Å². The smallest absolute Gasteiger partial charge is 0.000139 e. The molecule has 0 heterocycles. The van der Waals surface area contributed by atoms with Gasteiger partial charge in [0.15, 0.2) is 0 Å². The summed E-state index contributed by atoms with van der Waals surface area (Å²) < 4.78 is 0. The Bertz CT molecular complexity index is 4150. The SMILES string of the molecule is C.c1ccc(-c2ccc(-c3c4ccccc4c(-c4ccc(-c5ccccc5)cc4)c4c(-c5ccc(-c6ccccc6-c6ccccc6)cc5)c5ccccc5c(-c5ccc(-c6ccccc6-c6ccccc6)cc5)c34)cc2)cc1. The lowest BCUT2D eigenvalue weighted by molar-refractivity contribution is 1.57. The van der Waals surface area contributed by atoms with E-state index in [1.54, 1.807) is 0 Å². The normalized spacial score (nSPS) is 11.2. The molecule has 0 nitrogen and oxygen atoms in total. The van der Waals surface area contributed by atoms with Gasteiger partial charge < -0.3 is 0 Å². The average Bonchev–Trinajstić information content (AvgIpc) is 3.59. The molecule has 372 valence electrons. The van der Waals surface area contributed by atoms with Gasteiger partial charge in [-0.1, -0.05) is 323 Å². The van der Waals surface area contributed by atoms with Crippen molar-refractivity contribution in [2.45, 2.75) is 7.43 Å². The molecule has 79 heavy (non-hydrogen) atoms. The Kier molecular flexibility index (Phi) is 13.0. The van der Waals surface area contributed by atoms with Gasteiger partial charge in [-0.25, -0.2) is 0 Å². The molecule has 0 aliphatic rings. The Morgan fingerprint density at radius 2 is 0.291 bits per heavy atom. The van der Waals surface area contributed by atoms with E-state index in [1.165, 1.54) is 144 Å². The monoisotopic (exact) mass is 1000 g/mol. The molecule has 0 heteroatoms. The van der Waals surface area contributed by atoms with Crippen LogP contribution in [0.15, 0.2) is 315 Å². The standard InChI is InChI=1S/C78H52.CH4/c1-5-21-53(22-6-1)55-37-45-61(46-38-55)73-69-33-17-18-34-70(69)74(62-47-39-56(40-48-62)54-23-7-2-8-24-54)78-76(64-51-43-60(44-52-64)68-32-16-14-30-66(68)58-27-11-4-12-28-58)72-36-20-19-35-71(72)75(77(73)78)63-49-41-59(42-50-63)67-31-15-13-29-65(67)57-25-9-3-10-26-57;/h1-52H;1H4. The molecular formula is C79H56. The summed E-state index contributed by atoms with van der Waals surface area (Å²) in [5.41, 5.74) is 24.0. The Morgan fingerprint density at radius 3 is 0.544 bits per heavy atom. The van der Waals surface area contributed by atoms with Gasteiger partial charge in [0.1, 0.15) is 0 Å². The summed E-state index contributed by atoms with van der Waals surface area (Å²) in [5, 5.41) is 7.30. The van der Waals surface area contributed by atoms with Crippen molar-refractivity contribution in [1.82, 2.24) is 0 Å². The molecule has 0 unspecified atom stereocenters. The van der Waals surface area contributed by atoms with E-state index in [0.29, 0.717) is 0 Å². The van der Waals surface area contributed by atoms with E-state index in [1.807, 2.05) is 0 Å². The zero-order valence-corrected chi connectivity index (χ0v) is 43.0. The highest BCUT2D eigenvalue weighted by atomic mass is 14.3. The molecule has 0 amide bonds. The van der Waals surface area contributed by atoms with E-state index in [2.05, 4.69) is 315 Å². The van der Waals surface area contributed by atoms with Crippen LogP contribution in [0.25, 0.3) is 144 Å². The van der Waals surface area contributed by atoms with Crippen molar-refractivity contribution in [1.29, 1.82) is 0 Å². The van der Waals surface area contributed by atoms with Gasteiger partial charge >= 0.3 is 0 Å². The van der Waals surface area contributed by atoms with Crippen molar-refractivity contribution >= 4 is 32.3 Å². The zero-order valence-electron chi connectivity index (χ0n) is 43.0. The van der Waals surface area contributed by atoms with Crippen molar-refractivity contribution in [3.63, 3.8) is 0 Å². The van der Waals surface area contributed by atoms with Gasteiger partial charge in [0.2, 0.25) is 0 Å². The maximum absolute atomic E-state index is 2.36. The first-order valence-electron chi connectivity index (χ1n) is 27.0. The highest BCUT2D eigenvalue weighted by Crippen LogP contribution is 2.54. The highest BCUT2D eigenvalue weighted by molar-refractivity contribution is 6.34. The lowest BCUT2D eigenvalue weighted by Gasteiger charge is -2.25. The molecule has 0 bridgehead atoms. The zero-order chi connectivity index (χ0) is 51.8. The van der Waals surface area contributed by atoms with Crippen LogP contribution in [0, 0.1) is 0 Å². The quantitative estimate of drug-likeness (QED) is 0.120. The maximum Gasteiger partial charge on any atom is -0.000139 e. The Balaban J connectivity index is 0.00000591. The minimum absolute atomic E-state index is 0. The van der Waals surface area contributed by atoms with Gasteiger partial charge in [0.25, 0.3) is 0 Å². The van der Waals surface area contributed by atoms with Crippen LogP contribution in [-0.4, -0.2) is 0 Å². The average molecular weight is 1010 g/mol. The third-order valence-corrected chi connectivity index (χ3v) is 15.7. The second-order valence-corrected chi connectivity index (χ2v) is 20.2. The summed E-state index contributed by atoms with van der Waals surface area (Å²) >= 11 is 0. The molecule has 0 spiro atoms. The van der Waals surface area contributed by atoms with Gasteiger partial charge in [0.05, 0.1) is 0 Å². The first kappa shape index (κ1) is 48.5. The van der Waals surface area contributed by atoms with Gasteiger partial charge in [-0.15, -0.1) is 0 Å². The molecule has 14 rings (SSSR count). The van der Waals surface area contributed by atoms with Crippen LogP contribution in [0.5, 0.6) is 0 Å². The fourth-order valence-corrected chi connectivity index (χ4v) is 12.1. The molecule has 0 N–H and O–H groups in total. The minimum Gasteiger partial charge on any atom is -0.0776 e. The van der Waals surface area contributed by atoms with E-state index in [4.69, 9.17) is 0 Å². The lowest BCUT2D eigenvalue weighted by atomic mass is 9.77. The molecule has 0 atom stereocenters. The largest absolute Gasteiger partial charge is 0.0776 e. The number of rotatable bonds is 10. The third kappa shape index (κ3) is 8.90.